The lowest BCUT2D eigenvalue weighted by atomic mass is 10.1. The van der Waals surface area contributed by atoms with Gasteiger partial charge in [0.2, 0.25) is 15.9 Å². The van der Waals surface area contributed by atoms with E-state index < -0.39 is 16.0 Å². The van der Waals surface area contributed by atoms with Gasteiger partial charge in [0.25, 0.3) is 0 Å². The van der Waals surface area contributed by atoms with Crippen molar-refractivity contribution >= 4 is 27.6 Å². The number of methoxy groups -OCH3 is 1. The zero-order valence-corrected chi connectivity index (χ0v) is 15.4. The van der Waals surface area contributed by atoms with Gasteiger partial charge >= 0.3 is 5.97 Å². The summed E-state index contributed by atoms with van der Waals surface area (Å²) in [5.41, 5.74) is 1.70. The first-order valence-electron chi connectivity index (χ1n) is 7.88. The predicted molar refractivity (Wildman–Crippen MR) is 94.0 cm³/mol. The first kappa shape index (κ1) is 19.2. The maximum absolute atomic E-state index is 12.3. The van der Waals surface area contributed by atoms with Crippen LogP contribution >= 0.6 is 0 Å². The van der Waals surface area contributed by atoms with E-state index in [4.69, 9.17) is 4.74 Å². The normalized spacial score (nSPS) is 15.7. The Balaban J connectivity index is 1.98. The predicted octanol–water partition coefficient (Wildman–Crippen LogP) is 0.297. The van der Waals surface area contributed by atoms with E-state index in [9.17, 15) is 18.0 Å². The highest BCUT2D eigenvalue weighted by Crippen LogP contribution is 2.20. The Morgan fingerprint density at radius 3 is 2.40 bits per heavy atom. The van der Waals surface area contributed by atoms with Crippen LogP contribution in [-0.2, 0) is 19.6 Å². The number of rotatable bonds is 5. The summed E-state index contributed by atoms with van der Waals surface area (Å²) < 4.78 is 29.2. The van der Waals surface area contributed by atoms with Crippen molar-refractivity contribution in [3.8, 4) is 0 Å². The fourth-order valence-electron chi connectivity index (χ4n) is 2.74. The molecule has 1 aliphatic rings. The van der Waals surface area contributed by atoms with Crippen molar-refractivity contribution in [3.05, 3.63) is 29.3 Å². The van der Waals surface area contributed by atoms with E-state index in [1.54, 1.807) is 30.0 Å². The van der Waals surface area contributed by atoms with Gasteiger partial charge in [0.15, 0.2) is 0 Å². The molecule has 25 heavy (non-hydrogen) atoms. The number of amides is 1. The van der Waals surface area contributed by atoms with Crippen LogP contribution in [0.25, 0.3) is 0 Å². The highest BCUT2D eigenvalue weighted by molar-refractivity contribution is 7.88. The summed E-state index contributed by atoms with van der Waals surface area (Å²) in [5.74, 6) is -0.611. The molecule has 0 radical (unpaired) electrons. The standard InChI is InChI=1S/C16H23N3O5S/c1-12-5-4-6-13(15(12)16(21)24-2)17-11-14(20)18-7-9-19(10-8-18)25(3,22)23/h4-6,17H,7-11H2,1-3H3. The number of hydrogen-bond acceptors (Lipinski definition) is 6. The number of carbonyl (C=O) groups is 2. The zero-order valence-electron chi connectivity index (χ0n) is 14.6. The van der Waals surface area contributed by atoms with E-state index >= 15 is 0 Å². The van der Waals surface area contributed by atoms with Gasteiger partial charge in [0.05, 0.1) is 25.5 Å². The first-order chi connectivity index (χ1) is 11.7. The van der Waals surface area contributed by atoms with Crippen molar-refractivity contribution in [3.63, 3.8) is 0 Å². The van der Waals surface area contributed by atoms with Crippen LogP contribution in [0.3, 0.4) is 0 Å². The van der Waals surface area contributed by atoms with Crippen LogP contribution < -0.4 is 5.32 Å². The van der Waals surface area contributed by atoms with Gasteiger partial charge in [-0.3, -0.25) is 4.79 Å². The van der Waals surface area contributed by atoms with Gasteiger partial charge in [-0.25, -0.2) is 13.2 Å². The maximum atomic E-state index is 12.3. The summed E-state index contributed by atoms with van der Waals surface area (Å²) in [6, 6.07) is 5.30. The number of piperazine rings is 1. The summed E-state index contributed by atoms with van der Waals surface area (Å²) in [6.07, 6.45) is 1.16. The Hall–Kier alpha value is -2.13. The average molecular weight is 369 g/mol. The fourth-order valence-corrected chi connectivity index (χ4v) is 3.57. The molecule has 0 aliphatic carbocycles. The topological polar surface area (TPSA) is 96.0 Å². The average Bonchev–Trinajstić information content (AvgIpc) is 2.58. The minimum atomic E-state index is -3.22. The largest absolute Gasteiger partial charge is 0.465 e. The number of nitrogens with zero attached hydrogens (tertiary/aromatic N) is 2. The lowest BCUT2D eigenvalue weighted by molar-refractivity contribution is -0.130. The fraction of sp³-hybridized carbons (Fsp3) is 0.500. The Morgan fingerprint density at radius 2 is 1.84 bits per heavy atom. The Labute approximate surface area is 147 Å². The van der Waals surface area contributed by atoms with E-state index in [-0.39, 0.29) is 12.5 Å². The molecule has 0 saturated carbocycles. The molecule has 0 spiro atoms. The molecular weight excluding hydrogens is 346 g/mol. The number of hydrogen-bond donors (Lipinski definition) is 1. The Morgan fingerprint density at radius 1 is 1.20 bits per heavy atom. The van der Waals surface area contributed by atoms with Gasteiger partial charge in [-0.1, -0.05) is 12.1 Å². The molecule has 0 atom stereocenters. The molecule has 0 aromatic heterocycles. The van der Waals surface area contributed by atoms with Crippen molar-refractivity contribution in [1.29, 1.82) is 0 Å². The number of sulfonamides is 1. The van der Waals surface area contributed by atoms with E-state index in [2.05, 4.69) is 5.32 Å². The van der Waals surface area contributed by atoms with Crippen molar-refractivity contribution in [2.24, 2.45) is 0 Å². The molecule has 0 unspecified atom stereocenters. The van der Waals surface area contributed by atoms with Gasteiger partial charge in [-0.15, -0.1) is 0 Å². The number of ether oxygens (including phenoxy) is 1. The van der Waals surface area contributed by atoms with Crippen LogP contribution in [0.4, 0.5) is 5.69 Å². The smallest absolute Gasteiger partial charge is 0.340 e. The van der Waals surface area contributed by atoms with Gasteiger partial charge in [-0.05, 0) is 18.6 Å². The number of anilines is 1. The number of carbonyl (C=O) groups excluding carboxylic acids is 2. The molecule has 9 heteroatoms. The summed E-state index contributed by atoms with van der Waals surface area (Å²) in [6.45, 7) is 3.11. The second kappa shape index (κ2) is 7.83. The molecule has 1 saturated heterocycles. The van der Waals surface area contributed by atoms with E-state index in [1.807, 2.05) is 0 Å². The quantitative estimate of drug-likeness (QED) is 0.750. The van der Waals surface area contributed by atoms with Crippen LogP contribution in [0, 0.1) is 6.92 Å². The van der Waals surface area contributed by atoms with Crippen molar-refractivity contribution in [2.45, 2.75) is 6.92 Å². The molecule has 1 amide bonds. The monoisotopic (exact) mass is 369 g/mol. The number of nitrogens with one attached hydrogen (secondary N) is 1. The van der Waals surface area contributed by atoms with Gasteiger partial charge in [-0.2, -0.15) is 4.31 Å². The molecule has 2 rings (SSSR count). The van der Waals surface area contributed by atoms with Gasteiger partial charge in [0, 0.05) is 31.9 Å². The summed E-state index contributed by atoms with van der Waals surface area (Å²) in [7, 11) is -1.91. The van der Waals surface area contributed by atoms with Crippen LogP contribution in [0.5, 0.6) is 0 Å². The van der Waals surface area contributed by atoms with Crippen LogP contribution in [0.2, 0.25) is 0 Å². The second-order valence-electron chi connectivity index (χ2n) is 5.89. The molecule has 1 aromatic rings. The van der Waals surface area contributed by atoms with E-state index in [0.717, 1.165) is 11.8 Å². The molecule has 0 bridgehead atoms. The highest BCUT2D eigenvalue weighted by atomic mass is 32.2. The Kier molecular flexibility index (Phi) is 6.02. The highest BCUT2D eigenvalue weighted by Gasteiger charge is 2.26. The summed E-state index contributed by atoms with van der Waals surface area (Å²) >= 11 is 0. The molecular formula is C16H23N3O5S. The van der Waals surface area contributed by atoms with Crippen molar-refractivity contribution in [2.75, 3.05) is 51.4 Å². The van der Waals surface area contributed by atoms with Crippen LogP contribution in [-0.4, -0.2) is 75.6 Å². The third-order valence-corrected chi connectivity index (χ3v) is 5.46. The van der Waals surface area contributed by atoms with Gasteiger partial charge in [0.1, 0.15) is 0 Å². The Bertz CT molecular complexity index is 755. The zero-order chi connectivity index (χ0) is 18.6. The number of benzene rings is 1. The molecule has 1 heterocycles. The molecule has 1 N–H and O–H groups in total. The van der Waals surface area contributed by atoms with Crippen LogP contribution in [0.1, 0.15) is 15.9 Å². The second-order valence-corrected chi connectivity index (χ2v) is 7.87. The maximum Gasteiger partial charge on any atom is 0.340 e. The molecule has 138 valence electrons. The molecule has 8 nitrogen and oxygen atoms in total. The number of esters is 1. The summed E-state index contributed by atoms with van der Waals surface area (Å²) in [5, 5.41) is 2.98. The lowest BCUT2D eigenvalue weighted by Crippen LogP contribution is -2.51. The third-order valence-electron chi connectivity index (χ3n) is 4.15. The van der Waals surface area contributed by atoms with Crippen molar-refractivity contribution in [1.82, 2.24) is 9.21 Å². The molecule has 1 fully saturated rings. The summed E-state index contributed by atoms with van der Waals surface area (Å²) in [4.78, 5) is 25.9. The van der Waals surface area contributed by atoms with Crippen molar-refractivity contribution < 1.29 is 22.7 Å². The minimum absolute atomic E-state index is 0.0202. The van der Waals surface area contributed by atoms with E-state index in [0.29, 0.717) is 37.4 Å². The lowest BCUT2D eigenvalue weighted by Gasteiger charge is -2.33. The van der Waals surface area contributed by atoms with Gasteiger partial charge < -0.3 is 15.0 Å². The van der Waals surface area contributed by atoms with Crippen LogP contribution in [0.15, 0.2) is 18.2 Å². The SMILES string of the molecule is COC(=O)c1c(C)cccc1NCC(=O)N1CCN(S(C)(=O)=O)CC1. The third kappa shape index (κ3) is 4.70. The first-order valence-corrected chi connectivity index (χ1v) is 9.73. The minimum Gasteiger partial charge on any atom is -0.465 e. The van der Waals surface area contributed by atoms with E-state index in [1.165, 1.54) is 11.4 Å². The molecule has 1 aliphatic heterocycles. The molecule has 1 aromatic carbocycles. The number of aryl methyl sites for hydroxylation is 1.